The summed E-state index contributed by atoms with van der Waals surface area (Å²) in [6, 6.07) is 4.27. The molecule has 100 valence electrons. The molecule has 0 aliphatic rings. The molecule has 2 rings (SSSR count). The smallest absolute Gasteiger partial charge is 0.271 e. The molecule has 1 atom stereocenters. The van der Waals surface area contributed by atoms with E-state index in [9.17, 15) is 10.1 Å². The summed E-state index contributed by atoms with van der Waals surface area (Å²) in [5, 5.41) is 18.4. The summed E-state index contributed by atoms with van der Waals surface area (Å²) in [5.41, 5.74) is 1.52. The molecule has 7 heteroatoms. The Balaban J connectivity index is 2.22. The van der Waals surface area contributed by atoms with Gasteiger partial charge < -0.3 is 5.32 Å². The number of aromatic nitrogens is 2. The third-order valence-electron chi connectivity index (χ3n) is 2.76. The number of nitrogens with one attached hydrogen (secondary N) is 1. The highest BCUT2D eigenvalue weighted by Crippen LogP contribution is 2.29. The fourth-order valence-electron chi connectivity index (χ4n) is 1.72. The van der Waals surface area contributed by atoms with Crippen molar-refractivity contribution in [1.82, 2.24) is 9.78 Å². The lowest BCUT2D eigenvalue weighted by Gasteiger charge is -2.14. The lowest BCUT2D eigenvalue weighted by atomic mass is 10.1. The van der Waals surface area contributed by atoms with Crippen molar-refractivity contribution in [2.45, 2.75) is 13.0 Å². The minimum atomic E-state index is -0.448. The van der Waals surface area contributed by atoms with Crippen molar-refractivity contribution in [1.29, 1.82) is 0 Å². The number of nitro groups is 1. The molecule has 6 nitrogen and oxygen atoms in total. The van der Waals surface area contributed by atoms with Crippen LogP contribution in [0.4, 0.5) is 11.4 Å². The van der Waals surface area contributed by atoms with E-state index in [2.05, 4.69) is 10.4 Å². The average Bonchev–Trinajstić information content (AvgIpc) is 2.78. The normalized spacial score (nSPS) is 12.2. The molecule has 0 radical (unpaired) electrons. The summed E-state index contributed by atoms with van der Waals surface area (Å²) in [7, 11) is 1.83. The molecule has 0 saturated carbocycles. The Labute approximate surface area is 115 Å². The minimum Gasteiger partial charge on any atom is -0.377 e. The van der Waals surface area contributed by atoms with Gasteiger partial charge in [-0.15, -0.1) is 0 Å². The predicted octanol–water partition coefficient (Wildman–Crippen LogP) is 3.15. The maximum atomic E-state index is 10.7. The highest BCUT2D eigenvalue weighted by Gasteiger charge is 2.13. The zero-order valence-corrected chi connectivity index (χ0v) is 11.3. The number of anilines is 1. The van der Waals surface area contributed by atoms with Crippen LogP contribution < -0.4 is 5.32 Å². The SMILES string of the molecule is CC(Nc1cc([N+](=O)[O-])ccc1Cl)c1cnn(C)c1. The van der Waals surface area contributed by atoms with E-state index in [0.717, 1.165) is 5.56 Å². The number of non-ortho nitro benzene ring substituents is 1. The predicted molar refractivity (Wildman–Crippen MR) is 73.4 cm³/mol. The van der Waals surface area contributed by atoms with Crippen LogP contribution in [-0.2, 0) is 7.05 Å². The molecule has 0 aliphatic heterocycles. The topological polar surface area (TPSA) is 73.0 Å². The highest BCUT2D eigenvalue weighted by atomic mass is 35.5. The third-order valence-corrected chi connectivity index (χ3v) is 3.09. The third kappa shape index (κ3) is 3.03. The molecular weight excluding hydrogens is 268 g/mol. The van der Waals surface area contributed by atoms with Crippen LogP contribution in [0, 0.1) is 10.1 Å². The number of nitrogens with zero attached hydrogens (tertiary/aromatic N) is 3. The van der Waals surface area contributed by atoms with E-state index < -0.39 is 4.92 Å². The molecule has 1 N–H and O–H groups in total. The van der Waals surface area contributed by atoms with E-state index in [1.165, 1.54) is 18.2 Å². The minimum absolute atomic E-state index is 0.00490. The quantitative estimate of drug-likeness (QED) is 0.690. The standard InChI is InChI=1S/C12H13ClN4O2/c1-8(9-6-14-16(2)7-9)15-12-5-10(17(18)19)3-4-11(12)13/h3-8,15H,1-2H3. The number of halogens is 1. The number of benzene rings is 1. The zero-order valence-electron chi connectivity index (χ0n) is 10.5. The monoisotopic (exact) mass is 280 g/mol. The van der Waals surface area contributed by atoms with Crippen LogP contribution in [0.15, 0.2) is 30.6 Å². The Morgan fingerprint density at radius 3 is 2.84 bits per heavy atom. The van der Waals surface area contributed by atoms with Gasteiger partial charge >= 0.3 is 0 Å². The Morgan fingerprint density at radius 1 is 1.53 bits per heavy atom. The van der Waals surface area contributed by atoms with Gasteiger partial charge in [-0.1, -0.05) is 11.6 Å². The van der Waals surface area contributed by atoms with Crippen molar-refractivity contribution < 1.29 is 4.92 Å². The summed E-state index contributed by atoms with van der Waals surface area (Å²) in [6.45, 7) is 1.94. The average molecular weight is 281 g/mol. The van der Waals surface area contributed by atoms with Crippen LogP contribution in [0.3, 0.4) is 0 Å². The van der Waals surface area contributed by atoms with Gasteiger partial charge in [-0.25, -0.2) is 0 Å². The fraction of sp³-hybridized carbons (Fsp3) is 0.250. The summed E-state index contributed by atoms with van der Waals surface area (Å²) in [6.07, 6.45) is 3.62. The van der Waals surface area contributed by atoms with Crippen LogP contribution in [-0.4, -0.2) is 14.7 Å². The van der Waals surface area contributed by atoms with E-state index in [-0.39, 0.29) is 11.7 Å². The summed E-state index contributed by atoms with van der Waals surface area (Å²) in [5.74, 6) is 0. The number of rotatable bonds is 4. The van der Waals surface area contributed by atoms with E-state index in [1.807, 2.05) is 20.2 Å². The molecule has 0 spiro atoms. The van der Waals surface area contributed by atoms with Crippen molar-refractivity contribution in [3.63, 3.8) is 0 Å². The van der Waals surface area contributed by atoms with Crippen LogP contribution in [0.5, 0.6) is 0 Å². The molecule has 1 aromatic heterocycles. The van der Waals surface area contributed by atoms with Crippen molar-refractivity contribution in [3.8, 4) is 0 Å². The Bertz CT molecular complexity index is 612. The van der Waals surface area contributed by atoms with Crippen molar-refractivity contribution in [2.24, 2.45) is 7.05 Å². The summed E-state index contributed by atoms with van der Waals surface area (Å²) >= 11 is 6.03. The number of nitro benzene ring substituents is 1. The lowest BCUT2D eigenvalue weighted by molar-refractivity contribution is -0.384. The molecule has 1 aromatic carbocycles. The molecule has 0 saturated heterocycles. The van der Waals surface area contributed by atoms with Crippen LogP contribution in [0.1, 0.15) is 18.5 Å². The van der Waals surface area contributed by atoms with E-state index >= 15 is 0 Å². The summed E-state index contributed by atoms with van der Waals surface area (Å²) in [4.78, 5) is 10.3. The molecule has 0 fully saturated rings. The molecule has 2 aromatic rings. The largest absolute Gasteiger partial charge is 0.377 e. The lowest BCUT2D eigenvalue weighted by Crippen LogP contribution is -2.06. The second kappa shape index (κ2) is 5.27. The maximum absolute atomic E-state index is 10.7. The zero-order chi connectivity index (χ0) is 14.0. The first-order valence-corrected chi connectivity index (χ1v) is 6.04. The van der Waals surface area contributed by atoms with E-state index in [1.54, 1.807) is 10.9 Å². The van der Waals surface area contributed by atoms with Gasteiger partial charge in [-0.2, -0.15) is 5.10 Å². The first-order valence-electron chi connectivity index (χ1n) is 5.66. The van der Waals surface area contributed by atoms with Gasteiger partial charge in [0.2, 0.25) is 0 Å². The number of hydrogen-bond acceptors (Lipinski definition) is 4. The van der Waals surface area contributed by atoms with E-state index in [4.69, 9.17) is 11.6 Å². The molecule has 1 heterocycles. The molecular formula is C12H13ClN4O2. The highest BCUT2D eigenvalue weighted by molar-refractivity contribution is 6.33. The van der Waals surface area contributed by atoms with Crippen molar-refractivity contribution >= 4 is 23.0 Å². The van der Waals surface area contributed by atoms with Gasteiger partial charge in [0.25, 0.3) is 5.69 Å². The van der Waals surface area contributed by atoms with Crippen LogP contribution in [0.2, 0.25) is 5.02 Å². The first kappa shape index (κ1) is 13.4. The molecule has 0 amide bonds. The fourth-order valence-corrected chi connectivity index (χ4v) is 1.89. The number of hydrogen-bond donors (Lipinski definition) is 1. The van der Waals surface area contributed by atoms with Crippen LogP contribution >= 0.6 is 11.6 Å². The number of aryl methyl sites for hydroxylation is 1. The van der Waals surface area contributed by atoms with Gasteiger partial charge in [0.05, 0.1) is 27.9 Å². The second-order valence-electron chi connectivity index (χ2n) is 4.23. The Kier molecular flexibility index (Phi) is 3.71. The van der Waals surface area contributed by atoms with Crippen LogP contribution in [0.25, 0.3) is 0 Å². The van der Waals surface area contributed by atoms with E-state index in [0.29, 0.717) is 10.7 Å². The van der Waals surface area contributed by atoms with Gasteiger partial charge in [-0.05, 0) is 13.0 Å². The maximum Gasteiger partial charge on any atom is 0.271 e. The van der Waals surface area contributed by atoms with Crippen molar-refractivity contribution in [3.05, 3.63) is 51.3 Å². The van der Waals surface area contributed by atoms with Gasteiger partial charge in [-0.3, -0.25) is 14.8 Å². The van der Waals surface area contributed by atoms with Gasteiger partial charge in [0.15, 0.2) is 0 Å². The molecule has 0 aliphatic carbocycles. The molecule has 19 heavy (non-hydrogen) atoms. The Hall–Kier alpha value is -2.08. The second-order valence-corrected chi connectivity index (χ2v) is 4.64. The van der Waals surface area contributed by atoms with Gasteiger partial charge in [0, 0.05) is 30.9 Å². The molecule has 1 unspecified atom stereocenters. The van der Waals surface area contributed by atoms with Crippen molar-refractivity contribution in [2.75, 3.05) is 5.32 Å². The molecule has 0 bridgehead atoms. The first-order chi connectivity index (χ1) is 8.97. The van der Waals surface area contributed by atoms with Gasteiger partial charge in [0.1, 0.15) is 0 Å². The Morgan fingerprint density at radius 2 is 2.26 bits per heavy atom. The summed E-state index contributed by atoms with van der Waals surface area (Å²) < 4.78 is 1.70.